The topological polar surface area (TPSA) is 41.6 Å². The molecular weight excluding hydrogens is 364 g/mol. The molecule has 144 valence electrons. The molecule has 1 amide bonds. The Kier molecular flexibility index (Phi) is 5.93. The Balaban J connectivity index is 1.49. The molecule has 3 fully saturated rings. The molecule has 0 aromatic carbocycles. The van der Waals surface area contributed by atoms with Crippen molar-refractivity contribution in [2.45, 2.75) is 49.5 Å². The quantitative estimate of drug-likeness (QED) is 0.832. The van der Waals surface area contributed by atoms with Crippen molar-refractivity contribution < 1.29 is 9.53 Å². The van der Waals surface area contributed by atoms with Crippen LogP contribution < -0.4 is 5.32 Å². The molecule has 0 atom stereocenters. The van der Waals surface area contributed by atoms with Crippen molar-refractivity contribution in [3.05, 3.63) is 22.4 Å². The Morgan fingerprint density at radius 1 is 1.15 bits per heavy atom. The van der Waals surface area contributed by atoms with Gasteiger partial charge in [-0.2, -0.15) is 11.8 Å². The van der Waals surface area contributed by atoms with Gasteiger partial charge in [-0.05, 0) is 37.1 Å². The zero-order valence-electron chi connectivity index (χ0n) is 15.5. The normalized spacial score (nSPS) is 25.8. The maximum Gasteiger partial charge on any atom is 0.231 e. The van der Waals surface area contributed by atoms with Crippen molar-refractivity contribution in [1.82, 2.24) is 10.2 Å². The fourth-order valence-corrected chi connectivity index (χ4v) is 6.81. The molecule has 1 saturated carbocycles. The molecular formula is C20H30N2O2S2. The molecule has 0 bridgehead atoms. The van der Waals surface area contributed by atoms with Gasteiger partial charge in [0.2, 0.25) is 5.91 Å². The number of carbonyl (C=O) groups is 1. The maximum absolute atomic E-state index is 13.4. The molecule has 4 rings (SSSR count). The monoisotopic (exact) mass is 394 g/mol. The minimum absolute atomic E-state index is 0.0874. The molecule has 2 aliphatic heterocycles. The largest absolute Gasteiger partial charge is 0.381 e. The van der Waals surface area contributed by atoms with Crippen molar-refractivity contribution in [3.8, 4) is 0 Å². The third-order valence-corrected chi connectivity index (χ3v) is 8.58. The third-order valence-electron chi connectivity index (χ3n) is 6.57. The molecule has 0 spiro atoms. The predicted molar refractivity (Wildman–Crippen MR) is 109 cm³/mol. The number of carbonyl (C=O) groups excluding carboxylic acids is 1. The van der Waals surface area contributed by atoms with E-state index in [1.807, 2.05) is 11.8 Å². The fraction of sp³-hybridized carbons (Fsp3) is 0.750. The van der Waals surface area contributed by atoms with Gasteiger partial charge in [0, 0.05) is 54.8 Å². The second-order valence-corrected chi connectivity index (χ2v) is 10.1. The standard InChI is InChI=1S/C20H30N2O2S2/c23-18(20(5-1-2-6-20)17-4-3-13-26-17)21-16-19(7-11-24-12-8-19)22-9-14-25-15-10-22/h3-4,13H,1-2,5-12,14-16H2,(H,21,23). The molecule has 1 aliphatic carbocycles. The number of nitrogens with zero attached hydrogens (tertiary/aromatic N) is 1. The van der Waals surface area contributed by atoms with Crippen LogP contribution in [-0.2, 0) is 14.9 Å². The van der Waals surface area contributed by atoms with Crippen LogP contribution in [0.5, 0.6) is 0 Å². The first-order valence-electron chi connectivity index (χ1n) is 9.98. The van der Waals surface area contributed by atoms with Crippen molar-refractivity contribution in [3.63, 3.8) is 0 Å². The predicted octanol–water partition coefficient (Wildman–Crippen LogP) is 3.27. The van der Waals surface area contributed by atoms with Gasteiger partial charge in [-0.25, -0.2) is 0 Å². The minimum atomic E-state index is -0.279. The first-order valence-corrected chi connectivity index (χ1v) is 12.0. The summed E-state index contributed by atoms with van der Waals surface area (Å²) >= 11 is 3.79. The summed E-state index contributed by atoms with van der Waals surface area (Å²) in [5.41, 5.74) is -0.192. The van der Waals surface area contributed by atoms with Gasteiger partial charge in [-0.1, -0.05) is 18.9 Å². The lowest BCUT2D eigenvalue weighted by Crippen LogP contribution is -2.61. The van der Waals surface area contributed by atoms with E-state index in [0.29, 0.717) is 0 Å². The summed E-state index contributed by atoms with van der Waals surface area (Å²) in [6.07, 6.45) is 6.38. The number of hydrogen-bond donors (Lipinski definition) is 1. The fourth-order valence-electron chi connectivity index (χ4n) is 4.92. The Morgan fingerprint density at radius 2 is 1.88 bits per heavy atom. The highest BCUT2D eigenvalue weighted by molar-refractivity contribution is 7.99. The third kappa shape index (κ3) is 3.58. The second kappa shape index (κ2) is 8.21. The first kappa shape index (κ1) is 18.8. The maximum atomic E-state index is 13.4. The van der Waals surface area contributed by atoms with E-state index in [4.69, 9.17) is 4.74 Å². The van der Waals surface area contributed by atoms with Gasteiger partial charge in [-0.3, -0.25) is 9.69 Å². The number of thioether (sulfide) groups is 1. The lowest BCUT2D eigenvalue weighted by molar-refractivity contribution is -0.128. The SMILES string of the molecule is O=C(NCC1(N2CCSCC2)CCOCC1)C1(c2cccs2)CCCC1. The Morgan fingerprint density at radius 3 is 2.54 bits per heavy atom. The van der Waals surface area contributed by atoms with E-state index in [0.717, 1.165) is 71.4 Å². The molecule has 3 heterocycles. The zero-order valence-corrected chi connectivity index (χ0v) is 17.1. The van der Waals surface area contributed by atoms with Gasteiger partial charge in [0.25, 0.3) is 0 Å². The Bertz CT molecular complexity index is 587. The highest BCUT2D eigenvalue weighted by Gasteiger charge is 2.45. The van der Waals surface area contributed by atoms with Crippen LogP contribution in [0.2, 0.25) is 0 Å². The zero-order chi connectivity index (χ0) is 17.9. The number of nitrogens with one attached hydrogen (secondary N) is 1. The van der Waals surface area contributed by atoms with Crippen LogP contribution in [0.4, 0.5) is 0 Å². The van der Waals surface area contributed by atoms with E-state index in [2.05, 4.69) is 27.7 Å². The van der Waals surface area contributed by atoms with Gasteiger partial charge in [0.05, 0.1) is 5.41 Å². The van der Waals surface area contributed by atoms with Crippen LogP contribution >= 0.6 is 23.1 Å². The molecule has 3 aliphatic rings. The van der Waals surface area contributed by atoms with E-state index in [1.54, 1.807) is 11.3 Å². The molecule has 0 unspecified atom stereocenters. The number of hydrogen-bond acceptors (Lipinski definition) is 5. The van der Waals surface area contributed by atoms with Gasteiger partial charge in [-0.15, -0.1) is 11.3 Å². The summed E-state index contributed by atoms with van der Waals surface area (Å²) in [7, 11) is 0. The number of amides is 1. The van der Waals surface area contributed by atoms with Gasteiger partial charge in [0.15, 0.2) is 0 Å². The summed E-state index contributed by atoms with van der Waals surface area (Å²) in [5, 5.41) is 5.53. The molecule has 6 heteroatoms. The van der Waals surface area contributed by atoms with Crippen LogP contribution in [-0.4, -0.2) is 60.7 Å². The summed E-state index contributed by atoms with van der Waals surface area (Å²) in [6.45, 7) is 4.67. The highest BCUT2D eigenvalue weighted by Crippen LogP contribution is 2.43. The van der Waals surface area contributed by atoms with Crippen LogP contribution in [0.3, 0.4) is 0 Å². The van der Waals surface area contributed by atoms with E-state index < -0.39 is 0 Å². The number of ether oxygens (including phenoxy) is 1. The van der Waals surface area contributed by atoms with E-state index in [9.17, 15) is 4.79 Å². The molecule has 4 nitrogen and oxygen atoms in total. The van der Waals surface area contributed by atoms with Crippen molar-refractivity contribution in [2.24, 2.45) is 0 Å². The molecule has 1 N–H and O–H groups in total. The van der Waals surface area contributed by atoms with Crippen LogP contribution in [0, 0.1) is 0 Å². The Hall–Kier alpha value is -0.560. The average Bonchev–Trinajstić information content (AvgIpc) is 3.40. The number of thiophene rings is 1. The van der Waals surface area contributed by atoms with E-state index in [-0.39, 0.29) is 16.9 Å². The average molecular weight is 395 g/mol. The highest BCUT2D eigenvalue weighted by atomic mass is 32.2. The molecule has 1 aromatic heterocycles. The van der Waals surface area contributed by atoms with Gasteiger partial charge in [0.1, 0.15) is 0 Å². The second-order valence-electron chi connectivity index (χ2n) is 7.89. The van der Waals surface area contributed by atoms with Crippen molar-refractivity contribution in [2.75, 3.05) is 44.4 Å². The molecule has 0 radical (unpaired) electrons. The summed E-state index contributed by atoms with van der Waals surface area (Å²) < 4.78 is 5.66. The van der Waals surface area contributed by atoms with Crippen molar-refractivity contribution >= 4 is 29.0 Å². The van der Waals surface area contributed by atoms with E-state index in [1.165, 1.54) is 16.4 Å². The summed E-state index contributed by atoms with van der Waals surface area (Å²) in [4.78, 5) is 17.3. The molecule has 26 heavy (non-hydrogen) atoms. The summed E-state index contributed by atoms with van der Waals surface area (Å²) in [6, 6.07) is 4.24. The molecule has 2 saturated heterocycles. The lowest BCUT2D eigenvalue weighted by Gasteiger charge is -2.48. The minimum Gasteiger partial charge on any atom is -0.381 e. The summed E-state index contributed by atoms with van der Waals surface area (Å²) in [5.74, 6) is 2.67. The lowest BCUT2D eigenvalue weighted by atomic mass is 9.82. The van der Waals surface area contributed by atoms with Gasteiger partial charge < -0.3 is 10.1 Å². The van der Waals surface area contributed by atoms with Crippen LogP contribution in [0.1, 0.15) is 43.4 Å². The van der Waals surface area contributed by atoms with Crippen LogP contribution in [0.15, 0.2) is 17.5 Å². The van der Waals surface area contributed by atoms with Gasteiger partial charge >= 0.3 is 0 Å². The van der Waals surface area contributed by atoms with Crippen molar-refractivity contribution in [1.29, 1.82) is 0 Å². The smallest absolute Gasteiger partial charge is 0.231 e. The Labute approximate surface area is 165 Å². The first-order chi connectivity index (χ1) is 12.8. The van der Waals surface area contributed by atoms with E-state index >= 15 is 0 Å². The van der Waals surface area contributed by atoms with Crippen LogP contribution in [0.25, 0.3) is 0 Å². The number of rotatable bonds is 5. The molecule has 1 aromatic rings.